The van der Waals surface area contributed by atoms with Crippen molar-refractivity contribution in [1.82, 2.24) is 30.0 Å². The van der Waals surface area contributed by atoms with Crippen molar-refractivity contribution in [3.05, 3.63) is 96.1 Å². The Hall–Kier alpha value is 0.800. The van der Waals surface area contributed by atoms with Gasteiger partial charge in [-0.15, -0.1) is 45.6 Å². The van der Waals surface area contributed by atoms with Crippen LogP contribution in [0, 0.1) is 0 Å². The smallest absolute Gasteiger partial charge is 0.612 e. The Balaban J connectivity index is 0.00000280. The van der Waals surface area contributed by atoms with Gasteiger partial charge >= 0.3 is 177 Å². The minimum Gasteiger partial charge on any atom is -0.612 e. The van der Waals surface area contributed by atoms with Gasteiger partial charge in [-0.05, 0) is 71.5 Å². The summed E-state index contributed by atoms with van der Waals surface area (Å²) in [6, 6.07) is 12.8. The zero-order valence-corrected chi connectivity index (χ0v) is 53.6. The van der Waals surface area contributed by atoms with Gasteiger partial charge in [0.15, 0.2) is 40.4 Å². The van der Waals surface area contributed by atoms with Crippen LogP contribution in [0.25, 0.3) is 67.1 Å². The van der Waals surface area contributed by atoms with Gasteiger partial charge in [0.25, 0.3) is 0 Å². The Labute approximate surface area is 534 Å². The molecule has 36 heteroatoms. The molecule has 0 aliphatic heterocycles. The van der Waals surface area contributed by atoms with E-state index in [4.69, 9.17) is 0 Å². The average Bonchev–Trinajstić information content (AvgIpc) is 3.83. The van der Waals surface area contributed by atoms with E-state index in [9.17, 15) is 79.9 Å². The number of hydrogen-bond acceptors (Lipinski definition) is 22. The van der Waals surface area contributed by atoms with Crippen molar-refractivity contribution >= 4 is 119 Å². The maximum atomic E-state index is 12.5. The van der Waals surface area contributed by atoms with Crippen molar-refractivity contribution in [3.8, 4) is 11.4 Å². The van der Waals surface area contributed by atoms with Crippen LogP contribution in [0.15, 0.2) is 114 Å². The summed E-state index contributed by atoms with van der Waals surface area (Å²) in [7, 11) is -31.6. The monoisotopic (exact) mass is 1130 g/mol. The number of benzene rings is 6. The fourth-order valence-electron chi connectivity index (χ4n) is 6.58. The predicted octanol–water partition coefficient (Wildman–Crippen LogP) is -15.6. The van der Waals surface area contributed by atoms with Crippen molar-refractivity contribution in [2.45, 2.75) is 29.4 Å². The molecule has 0 spiro atoms. The summed E-state index contributed by atoms with van der Waals surface area (Å²) in [5, 5.41) is 15.8. The fraction of sp³-hybridized carbons (Fsp3) is 0. The predicted molar refractivity (Wildman–Crippen MR) is 209 cm³/mol. The summed E-state index contributed by atoms with van der Waals surface area (Å²) in [5.74, 6) is 0. The first-order valence-corrected chi connectivity index (χ1v) is 25.3. The van der Waals surface area contributed by atoms with Crippen molar-refractivity contribution in [2.24, 2.45) is 0 Å². The largest absolute Gasteiger partial charge is 1.00 e. The second-order valence-corrected chi connectivity index (χ2v) is 21.5. The molecular weight excluding hydrogens is 1110 g/mol. The molecule has 8 aromatic rings. The van der Waals surface area contributed by atoms with Crippen molar-refractivity contribution in [1.29, 1.82) is 0 Å². The Kier molecular flexibility index (Phi) is 23.1. The summed E-state index contributed by atoms with van der Waals surface area (Å²) in [5.41, 5.74) is -3.18. The van der Waals surface area contributed by atoms with Crippen LogP contribution < -0.4 is 177 Å². The van der Waals surface area contributed by atoms with Crippen LogP contribution in [0.4, 0.5) is 0 Å². The molecule has 6 aromatic carbocycles. The molecule has 0 saturated carbocycles. The average molecular weight is 1130 g/mol. The van der Waals surface area contributed by atoms with Crippen molar-refractivity contribution < 1.29 is 257 Å². The van der Waals surface area contributed by atoms with E-state index in [1.54, 1.807) is 0 Å². The van der Waals surface area contributed by atoms with Crippen LogP contribution in [0.1, 0.15) is 11.1 Å². The Bertz CT molecular complexity index is 3440. The first-order chi connectivity index (χ1) is 29.5. The molecular formula is C34H16N6Na6O18S6. The maximum absolute atomic E-state index is 12.5. The third-order valence-electron chi connectivity index (χ3n) is 9.38. The Morgan fingerprint density at radius 1 is 0.343 bits per heavy atom. The van der Waals surface area contributed by atoms with Gasteiger partial charge in [-0.3, -0.25) is 0 Å². The van der Waals surface area contributed by atoms with Gasteiger partial charge in [-0.1, -0.05) is 0 Å². The molecule has 0 radical (unpaired) electrons. The molecule has 0 bridgehead atoms. The van der Waals surface area contributed by atoms with E-state index in [0.717, 1.165) is 97.1 Å². The normalized spacial score (nSPS) is 12.5. The summed E-state index contributed by atoms with van der Waals surface area (Å²) in [4.78, 5) is -4.18. The third-order valence-corrected chi connectivity index (χ3v) is 14.5. The Morgan fingerprint density at radius 2 is 0.643 bits per heavy atom. The zero-order valence-electron chi connectivity index (χ0n) is 36.7. The second kappa shape index (κ2) is 24.2. The van der Waals surface area contributed by atoms with Crippen LogP contribution in [0.5, 0.6) is 0 Å². The van der Waals surface area contributed by atoms with Gasteiger partial charge in [-0.25, -0.2) is 0 Å². The van der Waals surface area contributed by atoms with Crippen LogP contribution in [0.2, 0.25) is 0 Å². The number of rotatable bonds is 10. The molecule has 0 atom stereocenters. The topological polar surface area (TPSA) is 441 Å². The molecule has 0 aliphatic rings. The number of nitrogens with zero attached hydrogens (tertiary/aromatic N) is 6. The Morgan fingerprint density at radius 3 is 0.929 bits per heavy atom. The van der Waals surface area contributed by atoms with Gasteiger partial charge in [0.05, 0.1) is 11.4 Å². The standard InChI is InChI=1S/C34H16N6O18S6.6Na/c41-59(42,43)23-7-9-25-19(11-23)13-29(63(53,54)55)33-31(25)35-39(37-33)21-5-3-17(27(15-21)61(47,48)49)1-2-18-4-6-22(16-28(18)62(50,51)52)40-36-32-26-10-8-24(60(44,45)46)12-20(26)14-30(34(32)38-40)64(56,57)58;;;;;;/h1-16H;;;;;;/q-6;6*+1/b2-1+;;;;;;. The molecule has 8 rings (SSSR count). The van der Waals surface area contributed by atoms with E-state index < -0.39 is 114 Å². The number of aromatic nitrogens is 6. The van der Waals surface area contributed by atoms with Crippen LogP contribution in [0.3, 0.4) is 0 Å². The second-order valence-electron chi connectivity index (χ2n) is 13.4. The minimum atomic E-state index is -5.43. The molecule has 24 nitrogen and oxygen atoms in total. The molecule has 332 valence electrons. The van der Waals surface area contributed by atoms with E-state index >= 15 is 0 Å². The number of hydrogen-bond donors (Lipinski definition) is 0. The zero-order chi connectivity index (χ0) is 46.7. The molecule has 70 heavy (non-hydrogen) atoms. The third kappa shape index (κ3) is 14.1. The number of fused-ring (bicyclic) bond motifs is 6. The molecule has 0 fully saturated rings. The summed E-state index contributed by atoms with van der Waals surface area (Å²) in [6.45, 7) is 0. The van der Waals surface area contributed by atoms with Gasteiger partial charge in [0.2, 0.25) is 0 Å². The van der Waals surface area contributed by atoms with E-state index in [1.807, 2.05) is 0 Å². The van der Waals surface area contributed by atoms with Crippen molar-refractivity contribution in [3.63, 3.8) is 0 Å². The minimum absolute atomic E-state index is 0. The van der Waals surface area contributed by atoms with Gasteiger partial charge in [0.1, 0.15) is 11.0 Å². The molecule has 0 amide bonds. The van der Waals surface area contributed by atoms with Crippen LogP contribution >= 0.6 is 0 Å². The van der Waals surface area contributed by atoms with Crippen LogP contribution in [-0.4, -0.2) is 84.6 Å². The van der Waals surface area contributed by atoms with E-state index in [1.165, 1.54) is 0 Å². The SMILES string of the molecule is O=[S+]([O-])([O-])c1ccc2c(c1)cc([S+](=O)([O-])[O-])c1nn(-c3ccc(/C=C/c4ccc(-n5nc6c([S+](=O)([O-])[O-])cc7cc([S+](=O)([O-])[O-])ccc7c6n5)cc4[S+](=O)([O-])[O-])c([S+](=O)([O-])[O-])c3)nc12.[Na+].[Na+].[Na+].[Na+].[Na+].[Na+]. The first-order valence-electron chi connectivity index (χ1n) is 16.9. The molecule has 2 aromatic heterocycles. The molecule has 0 N–H and O–H groups in total. The molecule has 0 aliphatic carbocycles. The summed E-state index contributed by atoms with van der Waals surface area (Å²) < 4.78 is 218. The first kappa shape index (κ1) is 66.9. The van der Waals surface area contributed by atoms with Crippen molar-refractivity contribution in [2.75, 3.05) is 0 Å². The van der Waals surface area contributed by atoms with Gasteiger partial charge < -0.3 is 54.6 Å². The van der Waals surface area contributed by atoms with Crippen LogP contribution in [-0.2, 0) is 88.2 Å². The summed E-state index contributed by atoms with van der Waals surface area (Å²) in [6.07, 6.45) is 1.85. The maximum Gasteiger partial charge on any atom is 1.00 e. The van der Waals surface area contributed by atoms with Gasteiger partial charge in [-0.2, -0.15) is 9.59 Å². The quantitative estimate of drug-likeness (QED) is 0.0697. The molecule has 2 heterocycles. The summed E-state index contributed by atoms with van der Waals surface area (Å²) >= 11 is 0. The fourth-order valence-corrected chi connectivity index (χ4v) is 10.3. The van der Waals surface area contributed by atoms with E-state index in [0.29, 0.717) is 9.59 Å². The molecule has 0 unspecified atom stereocenters. The van der Waals surface area contributed by atoms with Gasteiger partial charge in [0, 0.05) is 121 Å². The molecule has 0 saturated heterocycles. The van der Waals surface area contributed by atoms with E-state index in [2.05, 4.69) is 20.4 Å². The van der Waals surface area contributed by atoms with E-state index in [-0.39, 0.29) is 221 Å².